The molecule has 29 heavy (non-hydrogen) atoms. The van der Waals surface area contributed by atoms with Crippen molar-refractivity contribution in [1.82, 2.24) is 10.2 Å². The second kappa shape index (κ2) is 7.51. The van der Waals surface area contributed by atoms with E-state index in [2.05, 4.69) is 10.2 Å². The first-order valence-corrected chi connectivity index (χ1v) is 9.70. The van der Waals surface area contributed by atoms with E-state index in [0.29, 0.717) is 22.9 Å². The van der Waals surface area contributed by atoms with Gasteiger partial charge in [-0.15, -0.1) is 10.2 Å². The van der Waals surface area contributed by atoms with Crippen LogP contribution in [0.5, 0.6) is 5.75 Å². The van der Waals surface area contributed by atoms with Gasteiger partial charge < -0.3 is 14.3 Å². The third-order valence-corrected chi connectivity index (χ3v) is 5.24. The van der Waals surface area contributed by atoms with Gasteiger partial charge in [0.15, 0.2) is 11.5 Å². The molecule has 3 aromatic rings. The normalized spacial score (nSPS) is 16.6. The number of benzene rings is 1. The number of aliphatic hydroxyl groups is 1. The summed E-state index contributed by atoms with van der Waals surface area (Å²) in [6.07, 6.45) is 1.36. The second-order valence-corrected chi connectivity index (χ2v) is 7.42. The van der Waals surface area contributed by atoms with Crippen molar-refractivity contribution in [3.8, 4) is 5.75 Å². The van der Waals surface area contributed by atoms with Crippen molar-refractivity contribution in [2.75, 3.05) is 11.5 Å². The monoisotopic (exact) mass is 411 g/mol. The number of aromatic nitrogens is 2. The molecule has 0 saturated carbocycles. The Morgan fingerprint density at radius 2 is 2.14 bits per heavy atom. The minimum atomic E-state index is -0.896. The number of hydrogen-bond donors (Lipinski definition) is 1. The molecule has 1 aliphatic heterocycles. The van der Waals surface area contributed by atoms with Crippen LogP contribution in [-0.2, 0) is 4.79 Å². The van der Waals surface area contributed by atoms with Crippen LogP contribution in [0.25, 0.3) is 0 Å². The average Bonchev–Trinajstić information content (AvgIpc) is 3.43. The summed E-state index contributed by atoms with van der Waals surface area (Å²) >= 11 is 1.19. The average molecular weight is 411 g/mol. The van der Waals surface area contributed by atoms with Crippen molar-refractivity contribution in [2.24, 2.45) is 0 Å². The molecule has 3 heterocycles. The SMILES string of the molecule is CCOc1cccc(C2C(C(=O)c3ccco3)=C(O)C(=O)N2c2nnc(C)s2)c1. The molecule has 148 valence electrons. The van der Waals surface area contributed by atoms with Crippen LogP contribution in [0.2, 0.25) is 0 Å². The van der Waals surface area contributed by atoms with Crippen molar-refractivity contribution in [3.63, 3.8) is 0 Å². The Balaban J connectivity index is 1.87. The maximum Gasteiger partial charge on any atom is 0.296 e. The fourth-order valence-corrected chi connectivity index (χ4v) is 3.93. The largest absolute Gasteiger partial charge is 0.503 e. The van der Waals surface area contributed by atoms with E-state index < -0.39 is 23.5 Å². The molecule has 9 heteroatoms. The Morgan fingerprint density at radius 1 is 1.31 bits per heavy atom. The van der Waals surface area contributed by atoms with Gasteiger partial charge >= 0.3 is 0 Å². The fourth-order valence-electron chi connectivity index (χ4n) is 3.21. The molecule has 1 aliphatic rings. The Hall–Kier alpha value is -3.46. The van der Waals surface area contributed by atoms with E-state index in [1.807, 2.05) is 6.92 Å². The Bertz CT molecular complexity index is 1100. The lowest BCUT2D eigenvalue weighted by Crippen LogP contribution is -2.31. The van der Waals surface area contributed by atoms with Crippen molar-refractivity contribution in [3.05, 3.63) is 70.3 Å². The zero-order valence-corrected chi connectivity index (χ0v) is 16.5. The minimum Gasteiger partial charge on any atom is -0.503 e. The number of aryl methyl sites for hydroxylation is 1. The standard InChI is InChI=1S/C20H17N3O5S/c1-3-27-13-7-4-6-12(10-13)16-15(17(24)14-8-5-9-28-14)18(25)19(26)23(16)20-22-21-11(2)29-20/h4-10,16,25H,3H2,1-2H3. The quantitative estimate of drug-likeness (QED) is 0.618. The molecule has 1 atom stereocenters. The predicted octanol–water partition coefficient (Wildman–Crippen LogP) is 3.62. The first-order valence-electron chi connectivity index (χ1n) is 8.89. The summed E-state index contributed by atoms with van der Waals surface area (Å²) in [6, 6.07) is 9.19. The van der Waals surface area contributed by atoms with Gasteiger partial charge in [0.25, 0.3) is 5.91 Å². The molecule has 1 N–H and O–H groups in total. The number of carbonyl (C=O) groups excluding carboxylic acids is 2. The molecule has 0 bridgehead atoms. The van der Waals surface area contributed by atoms with Crippen LogP contribution in [0, 0.1) is 6.92 Å². The number of furan rings is 1. The van der Waals surface area contributed by atoms with Gasteiger partial charge in [-0.05, 0) is 43.7 Å². The van der Waals surface area contributed by atoms with E-state index >= 15 is 0 Å². The van der Waals surface area contributed by atoms with Gasteiger partial charge in [0.05, 0.1) is 24.5 Å². The number of amides is 1. The maximum atomic E-state index is 13.1. The summed E-state index contributed by atoms with van der Waals surface area (Å²) in [4.78, 5) is 27.3. The highest BCUT2D eigenvalue weighted by Gasteiger charge is 2.46. The van der Waals surface area contributed by atoms with Crippen LogP contribution >= 0.6 is 11.3 Å². The number of nitrogens with zero attached hydrogens (tertiary/aromatic N) is 3. The third-order valence-electron chi connectivity index (χ3n) is 4.40. The summed E-state index contributed by atoms with van der Waals surface area (Å²) in [5.74, 6) is -1.31. The van der Waals surface area contributed by atoms with E-state index in [4.69, 9.17) is 9.15 Å². The lowest BCUT2D eigenvalue weighted by atomic mass is 9.95. The molecule has 0 radical (unpaired) electrons. The Kier molecular flexibility index (Phi) is 4.89. The molecule has 0 aliphatic carbocycles. The predicted molar refractivity (Wildman–Crippen MR) is 105 cm³/mol. The number of Topliss-reactive ketones (excluding diaryl/α,β-unsaturated/α-hetero) is 1. The van der Waals surface area contributed by atoms with Gasteiger partial charge in [0.2, 0.25) is 10.9 Å². The van der Waals surface area contributed by atoms with Gasteiger partial charge in [-0.25, -0.2) is 0 Å². The van der Waals surface area contributed by atoms with Gasteiger partial charge in [0.1, 0.15) is 10.8 Å². The lowest BCUT2D eigenvalue weighted by molar-refractivity contribution is -0.117. The van der Waals surface area contributed by atoms with Crippen LogP contribution < -0.4 is 9.64 Å². The summed E-state index contributed by atoms with van der Waals surface area (Å²) in [7, 11) is 0. The molecular formula is C20H17N3O5S. The van der Waals surface area contributed by atoms with Crippen molar-refractivity contribution in [2.45, 2.75) is 19.9 Å². The molecule has 4 rings (SSSR count). The van der Waals surface area contributed by atoms with Crippen molar-refractivity contribution >= 4 is 28.2 Å². The smallest absolute Gasteiger partial charge is 0.296 e. The number of ketones is 1. The molecule has 8 nitrogen and oxygen atoms in total. The van der Waals surface area contributed by atoms with E-state index in [1.54, 1.807) is 37.3 Å². The van der Waals surface area contributed by atoms with E-state index in [-0.39, 0.29) is 16.5 Å². The van der Waals surface area contributed by atoms with E-state index in [1.165, 1.54) is 28.6 Å². The first-order chi connectivity index (χ1) is 14.0. The van der Waals surface area contributed by atoms with Crippen LogP contribution in [0.1, 0.15) is 34.1 Å². The molecule has 1 unspecified atom stereocenters. The van der Waals surface area contributed by atoms with Crippen LogP contribution in [0.3, 0.4) is 0 Å². The molecule has 2 aromatic heterocycles. The first kappa shape index (κ1) is 18.9. The highest BCUT2D eigenvalue weighted by atomic mass is 32.1. The number of hydrogen-bond acceptors (Lipinski definition) is 8. The zero-order chi connectivity index (χ0) is 20.5. The summed E-state index contributed by atoms with van der Waals surface area (Å²) in [5.41, 5.74) is 0.516. The van der Waals surface area contributed by atoms with Gasteiger partial charge in [-0.3, -0.25) is 14.5 Å². The zero-order valence-electron chi connectivity index (χ0n) is 15.7. The summed E-state index contributed by atoms with van der Waals surface area (Å²) < 4.78 is 10.8. The van der Waals surface area contributed by atoms with Crippen LogP contribution in [0.15, 0.2) is 58.4 Å². The van der Waals surface area contributed by atoms with Crippen molar-refractivity contribution < 1.29 is 23.8 Å². The topological polar surface area (TPSA) is 106 Å². The fraction of sp³-hybridized carbons (Fsp3) is 0.200. The van der Waals surface area contributed by atoms with Gasteiger partial charge in [-0.2, -0.15) is 0 Å². The van der Waals surface area contributed by atoms with Crippen molar-refractivity contribution in [1.29, 1.82) is 0 Å². The molecule has 1 aromatic carbocycles. The number of carbonyl (C=O) groups is 2. The minimum absolute atomic E-state index is 0.0283. The molecule has 0 fully saturated rings. The second-order valence-electron chi connectivity index (χ2n) is 6.26. The van der Waals surface area contributed by atoms with E-state index in [0.717, 1.165) is 0 Å². The van der Waals surface area contributed by atoms with Crippen LogP contribution in [0.4, 0.5) is 5.13 Å². The number of aliphatic hydroxyl groups excluding tert-OH is 1. The number of rotatable bonds is 6. The number of ether oxygens (including phenoxy) is 1. The summed E-state index contributed by atoms with van der Waals surface area (Å²) in [5, 5.41) is 19.6. The number of anilines is 1. The van der Waals surface area contributed by atoms with Gasteiger partial charge in [-0.1, -0.05) is 23.5 Å². The molecule has 0 saturated heterocycles. The summed E-state index contributed by atoms with van der Waals surface area (Å²) in [6.45, 7) is 4.08. The Morgan fingerprint density at radius 3 is 2.79 bits per heavy atom. The lowest BCUT2D eigenvalue weighted by Gasteiger charge is -2.24. The highest BCUT2D eigenvalue weighted by molar-refractivity contribution is 7.15. The van der Waals surface area contributed by atoms with Gasteiger partial charge in [0, 0.05) is 0 Å². The third kappa shape index (κ3) is 3.29. The highest BCUT2D eigenvalue weighted by Crippen LogP contribution is 2.43. The maximum absolute atomic E-state index is 13.1. The molecule has 1 amide bonds. The van der Waals surface area contributed by atoms with Crippen LogP contribution in [-0.4, -0.2) is 33.6 Å². The molecule has 0 spiro atoms. The van der Waals surface area contributed by atoms with E-state index in [9.17, 15) is 14.7 Å². The Labute approximate surface area is 170 Å². The molecular weight excluding hydrogens is 394 g/mol.